The molecule has 1 aromatic rings. The fraction of sp³-hybridized carbons (Fsp3) is 0.500. The third-order valence-corrected chi connectivity index (χ3v) is 4.70. The molecule has 1 heterocycles. The van der Waals surface area contributed by atoms with Crippen LogP contribution in [0.5, 0.6) is 0 Å². The number of nitrogens with zero attached hydrogens (tertiary/aromatic N) is 1. The maximum Gasteiger partial charge on any atom is 0.326 e. The zero-order valence-electron chi connectivity index (χ0n) is 11.9. The van der Waals surface area contributed by atoms with Crippen molar-refractivity contribution in [2.75, 3.05) is 0 Å². The van der Waals surface area contributed by atoms with Gasteiger partial charge in [-0.2, -0.15) is 0 Å². The Kier molecular flexibility index (Phi) is 3.68. The molecule has 21 heavy (non-hydrogen) atoms. The first kappa shape index (κ1) is 14.1. The van der Waals surface area contributed by atoms with E-state index in [9.17, 15) is 14.7 Å². The molecule has 1 aliphatic heterocycles. The molecule has 0 aromatic heterocycles. The van der Waals surface area contributed by atoms with E-state index >= 15 is 0 Å². The topological polar surface area (TPSA) is 83.6 Å². The molecule has 0 spiro atoms. The number of carboxylic acids is 1. The smallest absolute Gasteiger partial charge is 0.326 e. The number of benzene rings is 1. The van der Waals surface area contributed by atoms with Crippen molar-refractivity contribution in [3.05, 3.63) is 35.4 Å². The average Bonchev–Trinajstić information content (AvgIpc) is 2.91. The highest BCUT2D eigenvalue weighted by atomic mass is 16.4. The summed E-state index contributed by atoms with van der Waals surface area (Å²) in [5, 5.41) is 9.47. The predicted molar refractivity (Wildman–Crippen MR) is 77.4 cm³/mol. The minimum Gasteiger partial charge on any atom is -0.480 e. The van der Waals surface area contributed by atoms with Crippen LogP contribution in [-0.2, 0) is 22.6 Å². The number of hydrogen-bond acceptors (Lipinski definition) is 3. The van der Waals surface area contributed by atoms with E-state index in [1.807, 2.05) is 24.3 Å². The maximum absolute atomic E-state index is 12.7. The lowest BCUT2D eigenvalue weighted by atomic mass is 9.91. The number of aliphatic carboxylic acids is 1. The molecule has 2 aliphatic rings. The Morgan fingerprint density at radius 2 is 1.90 bits per heavy atom. The van der Waals surface area contributed by atoms with Crippen molar-refractivity contribution in [2.24, 2.45) is 11.7 Å². The highest BCUT2D eigenvalue weighted by molar-refractivity contribution is 5.86. The number of rotatable bonds is 2. The number of nitrogens with two attached hydrogens (primary N) is 1. The Morgan fingerprint density at radius 1 is 1.19 bits per heavy atom. The Bertz CT molecular complexity index is 572. The van der Waals surface area contributed by atoms with Crippen LogP contribution in [0.1, 0.15) is 30.4 Å². The first-order valence-electron chi connectivity index (χ1n) is 7.43. The highest BCUT2D eigenvalue weighted by Gasteiger charge is 2.40. The van der Waals surface area contributed by atoms with Crippen LogP contribution in [0.3, 0.4) is 0 Å². The Labute approximate surface area is 123 Å². The highest BCUT2D eigenvalue weighted by Crippen LogP contribution is 2.30. The lowest BCUT2D eigenvalue weighted by Crippen LogP contribution is -2.52. The van der Waals surface area contributed by atoms with Crippen molar-refractivity contribution in [1.82, 2.24) is 4.90 Å². The van der Waals surface area contributed by atoms with Gasteiger partial charge in [-0.3, -0.25) is 4.79 Å². The third-order valence-electron chi connectivity index (χ3n) is 4.70. The molecule has 0 radical (unpaired) electrons. The molecule has 3 rings (SSSR count). The molecule has 1 saturated carbocycles. The van der Waals surface area contributed by atoms with Gasteiger partial charge < -0.3 is 15.7 Å². The van der Waals surface area contributed by atoms with Gasteiger partial charge in [0.1, 0.15) is 6.04 Å². The fourth-order valence-electron chi connectivity index (χ4n) is 3.48. The molecule has 5 nitrogen and oxygen atoms in total. The van der Waals surface area contributed by atoms with Crippen LogP contribution in [-0.4, -0.2) is 34.0 Å². The summed E-state index contributed by atoms with van der Waals surface area (Å²) in [5.74, 6) is -1.26. The van der Waals surface area contributed by atoms with E-state index in [1.165, 1.54) is 4.90 Å². The van der Waals surface area contributed by atoms with Crippen molar-refractivity contribution in [3.8, 4) is 0 Å². The number of carbonyl (C=O) groups is 2. The van der Waals surface area contributed by atoms with Crippen molar-refractivity contribution in [1.29, 1.82) is 0 Å². The van der Waals surface area contributed by atoms with Gasteiger partial charge in [-0.05, 0) is 24.0 Å². The van der Waals surface area contributed by atoms with E-state index in [-0.39, 0.29) is 17.9 Å². The molecule has 1 aliphatic carbocycles. The van der Waals surface area contributed by atoms with Crippen LogP contribution in [0.4, 0.5) is 0 Å². The van der Waals surface area contributed by atoms with E-state index in [0.717, 1.165) is 30.4 Å². The van der Waals surface area contributed by atoms with E-state index in [2.05, 4.69) is 0 Å². The number of carboxylic acid groups (broad SMARTS) is 1. The van der Waals surface area contributed by atoms with Crippen LogP contribution in [0.2, 0.25) is 0 Å². The summed E-state index contributed by atoms with van der Waals surface area (Å²) in [4.78, 5) is 25.8. The summed E-state index contributed by atoms with van der Waals surface area (Å²) in [7, 11) is 0. The van der Waals surface area contributed by atoms with Crippen LogP contribution < -0.4 is 5.73 Å². The molecule has 112 valence electrons. The Balaban J connectivity index is 1.89. The van der Waals surface area contributed by atoms with Gasteiger partial charge in [-0.1, -0.05) is 30.7 Å². The predicted octanol–water partition coefficient (Wildman–Crippen LogP) is 1.15. The summed E-state index contributed by atoms with van der Waals surface area (Å²) < 4.78 is 0. The fourth-order valence-corrected chi connectivity index (χ4v) is 3.48. The third kappa shape index (κ3) is 2.53. The zero-order chi connectivity index (χ0) is 15.0. The minimum absolute atomic E-state index is 0.0955. The quantitative estimate of drug-likeness (QED) is 0.855. The van der Waals surface area contributed by atoms with Gasteiger partial charge in [0.2, 0.25) is 5.91 Å². The second kappa shape index (κ2) is 5.48. The number of fused-ring (bicyclic) bond motifs is 1. The van der Waals surface area contributed by atoms with E-state index in [1.54, 1.807) is 0 Å². The van der Waals surface area contributed by atoms with Gasteiger partial charge in [0.15, 0.2) is 0 Å². The van der Waals surface area contributed by atoms with Gasteiger partial charge in [0.05, 0.1) is 5.92 Å². The van der Waals surface area contributed by atoms with Gasteiger partial charge in [-0.25, -0.2) is 4.79 Å². The molecular formula is C16H20N2O3. The summed E-state index contributed by atoms with van der Waals surface area (Å²) in [6.45, 7) is 0.370. The molecular weight excluding hydrogens is 268 g/mol. The second-order valence-electron chi connectivity index (χ2n) is 5.99. The van der Waals surface area contributed by atoms with E-state index in [0.29, 0.717) is 13.0 Å². The standard InChI is InChI=1S/C16H20N2O3/c17-13-7-3-6-12(13)15(19)18-9-11-5-2-1-4-10(11)8-14(18)16(20)21/h1-2,4-5,12-14H,3,6-9,17H2,(H,20,21)/t12?,13?,14-/m1/s1. The number of hydrogen-bond donors (Lipinski definition) is 2. The van der Waals surface area contributed by atoms with Crippen molar-refractivity contribution >= 4 is 11.9 Å². The molecule has 5 heteroatoms. The Morgan fingerprint density at radius 3 is 2.52 bits per heavy atom. The first-order valence-corrected chi connectivity index (χ1v) is 7.43. The normalized spacial score (nSPS) is 28.2. The largest absolute Gasteiger partial charge is 0.480 e. The lowest BCUT2D eigenvalue weighted by Gasteiger charge is -2.36. The summed E-state index contributed by atoms with van der Waals surface area (Å²) >= 11 is 0. The van der Waals surface area contributed by atoms with Crippen LogP contribution >= 0.6 is 0 Å². The second-order valence-corrected chi connectivity index (χ2v) is 5.99. The molecule has 3 atom stereocenters. The summed E-state index contributed by atoms with van der Waals surface area (Å²) in [6, 6.07) is 6.81. The Hall–Kier alpha value is -1.88. The van der Waals surface area contributed by atoms with Gasteiger partial charge in [-0.15, -0.1) is 0 Å². The summed E-state index contributed by atoms with van der Waals surface area (Å²) in [6.07, 6.45) is 2.93. The van der Waals surface area contributed by atoms with Crippen LogP contribution in [0.15, 0.2) is 24.3 Å². The first-order chi connectivity index (χ1) is 10.1. The van der Waals surface area contributed by atoms with Gasteiger partial charge in [0, 0.05) is 19.0 Å². The SMILES string of the molecule is NC1CCCC1C(=O)N1Cc2ccccc2C[C@@H]1C(=O)O. The molecule has 2 unspecified atom stereocenters. The minimum atomic E-state index is -0.940. The maximum atomic E-state index is 12.7. The molecule has 3 N–H and O–H groups in total. The monoisotopic (exact) mass is 288 g/mol. The van der Waals surface area contributed by atoms with Crippen molar-refractivity contribution in [3.63, 3.8) is 0 Å². The van der Waals surface area contributed by atoms with E-state index in [4.69, 9.17) is 5.73 Å². The summed E-state index contributed by atoms with van der Waals surface area (Å²) in [5.41, 5.74) is 8.06. The lowest BCUT2D eigenvalue weighted by molar-refractivity contribution is -0.153. The zero-order valence-corrected chi connectivity index (χ0v) is 11.9. The van der Waals surface area contributed by atoms with Crippen molar-refractivity contribution in [2.45, 2.75) is 44.3 Å². The van der Waals surface area contributed by atoms with Crippen molar-refractivity contribution < 1.29 is 14.7 Å². The molecule has 0 bridgehead atoms. The van der Waals surface area contributed by atoms with E-state index < -0.39 is 12.0 Å². The van der Waals surface area contributed by atoms with Gasteiger partial charge >= 0.3 is 5.97 Å². The van der Waals surface area contributed by atoms with Gasteiger partial charge in [0.25, 0.3) is 0 Å². The average molecular weight is 288 g/mol. The molecule has 1 fully saturated rings. The molecule has 1 aromatic carbocycles. The molecule has 1 amide bonds. The van der Waals surface area contributed by atoms with Crippen LogP contribution in [0.25, 0.3) is 0 Å². The van der Waals surface area contributed by atoms with Crippen LogP contribution in [0, 0.1) is 5.92 Å². The molecule has 0 saturated heterocycles. The number of amides is 1. The number of carbonyl (C=O) groups excluding carboxylic acids is 1.